The van der Waals surface area contributed by atoms with Crippen molar-refractivity contribution in [2.75, 3.05) is 41.6 Å². The number of nitrogens with one attached hydrogen (secondary N) is 1. The second-order valence-corrected chi connectivity index (χ2v) is 8.58. The lowest BCUT2D eigenvalue weighted by atomic mass is 10.2. The normalized spacial score (nSPS) is 14.9. The first kappa shape index (κ1) is 18.6. The van der Waals surface area contributed by atoms with Gasteiger partial charge < -0.3 is 10.2 Å². The maximum Gasteiger partial charge on any atom is 0.240 e. The Morgan fingerprint density at radius 3 is 2.29 bits per heavy atom. The summed E-state index contributed by atoms with van der Waals surface area (Å²) in [7, 11) is -3.52. The van der Waals surface area contributed by atoms with Crippen molar-refractivity contribution in [1.82, 2.24) is 5.32 Å². The zero-order valence-corrected chi connectivity index (χ0v) is 15.5. The Morgan fingerprint density at radius 2 is 1.79 bits per heavy atom. The van der Waals surface area contributed by atoms with Gasteiger partial charge in [-0.1, -0.05) is 13.8 Å². The molecule has 134 valence electrons. The van der Waals surface area contributed by atoms with E-state index in [0.29, 0.717) is 18.2 Å². The van der Waals surface area contributed by atoms with Gasteiger partial charge in [-0.15, -0.1) is 0 Å². The molecule has 2 rings (SSSR count). The van der Waals surface area contributed by atoms with Crippen molar-refractivity contribution in [1.29, 1.82) is 0 Å². The molecule has 0 aliphatic carbocycles. The molecule has 24 heavy (non-hydrogen) atoms. The van der Waals surface area contributed by atoms with Crippen LogP contribution in [0.2, 0.25) is 0 Å². The van der Waals surface area contributed by atoms with Crippen LogP contribution in [0.5, 0.6) is 0 Å². The number of nitrogens with zero attached hydrogens (tertiary/aromatic N) is 2. The molecule has 1 aliphatic rings. The maximum atomic E-state index is 12.1. The highest BCUT2D eigenvalue weighted by molar-refractivity contribution is 7.92. The van der Waals surface area contributed by atoms with Crippen molar-refractivity contribution in [3.8, 4) is 0 Å². The van der Waals surface area contributed by atoms with Crippen LogP contribution in [0, 0.1) is 5.92 Å². The van der Waals surface area contributed by atoms with Gasteiger partial charge in [0.2, 0.25) is 15.9 Å². The van der Waals surface area contributed by atoms with E-state index in [0.717, 1.165) is 29.3 Å². The van der Waals surface area contributed by atoms with E-state index < -0.39 is 10.0 Å². The van der Waals surface area contributed by atoms with Crippen molar-refractivity contribution < 1.29 is 13.2 Å². The largest absolute Gasteiger partial charge is 0.372 e. The molecule has 0 bridgehead atoms. The SMILES string of the molecule is CC(C)CNC(=O)CN(c1ccc(N2CCCC2)cc1)S(C)(=O)=O. The van der Waals surface area contributed by atoms with Gasteiger partial charge in [-0.05, 0) is 43.0 Å². The Kier molecular flexibility index (Phi) is 6.10. The minimum absolute atomic E-state index is 0.200. The van der Waals surface area contributed by atoms with E-state index in [2.05, 4.69) is 10.2 Å². The number of anilines is 2. The topological polar surface area (TPSA) is 69.7 Å². The highest BCUT2D eigenvalue weighted by Gasteiger charge is 2.21. The lowest BCUT2D eigenvalue weighted by Gasteiger charge is -2.23. The van der Waals surface area contributed by atoms with Crippen LogP contribution in [0.4, 0.5) is 11.4 Å². The fraction of sp³-hybridized carbons (Fsp3) is 0.588. The molecule has 1 heterocycles. The van der Waals surface area contributed by atoms with Crippen molar-refractivity contribution >= 4 is 27.3 Å². The summed E-state index contributed by atoms with van der Waals surface area (Å²) in [6.45, 7) is 6.38. The monoisotopic (exact) mass is 353 g/mol. The molecule has 1 amide bonds. The van der Waals surface area contributed by atoms with Gasteiger partial charge in [-0.25, -0.2) is 8.42 Å². The first-order valence-electron chi connectivity index (χ1n) is 8.37. The summed E-state index contributed by atoms with van der Waals surface area (Å²) in [6.07, 6.45) is 3.50. The van der Waals surface area contributed by atoms with Gasteiger partial charge in [0.05, 0.1) is 11.9 Å². The predicted molar refractivity (Wildman–Crippen MR) is 97.9 cm³/mol. The van der Waals surface area contributed by atoms with Gasteiger partial charge >= 0.3 is 0 Å². The minimum atomic E-state index is -3.52. The summed E-state index contributed by atoms with van der Waals surface area (Å²) >= 11 is 0. The third-order valence-corrected chi connectivity index (χ3v) is 5.14. The zero-order valence-electron chi connectivity index (χ0n) is 14.7. The van der Waals surface area contributed by atoms with Crippen LogP contribution in [0.15, 0.2) is 24.3 Å². The van der Waals surface area contributed by atoms with E-state index >= 15 is 0 Å². The molecule has 1 N–H and O–H groups in total. The first-order chi connectivity index (χ1) is 11.3. The summed E-state index contributed by atoms with van der Waals surface area (Å²) in [4.78, 5) is 14.3. The van der Waals surface area contributed by atoms with Crippen LogP contribution in [0.3, 0.4) is 0 Å². The molecule has 1 aromatic rings. The Labute approximate surface area is 144 Å². The Morgan fingerprint density at radius 1 is 1.21 bits per heavy atom. The van der Waals surface area contributed by atoms with E-state index in [1.807, 2.05) is 26.0 Å². The third-order valence-electron chi connectivity index (χ3n) is 4.00. The van der Waals surface area contributed by atoms with Crippen molar-refractivity contribution in [2.45, 2.75) is 26.7 Å². The Balaban J connectivity index is 2.11. The lowest BCUT2D eigenvalue weighted by molar-refractivity contribution is -0.119. The quantitative estimate of drug-likeness (QED) is 0.812. The van der Waals surface area contributed by atoms with E-state index in [4.69, 9.17) is 0 Å². The number of hydrogen-bond acceptors (Lipinski definition) is 4. The number of rotatable bonds is 7. The average molecular weight is 353 g/mol. The summed E-state index contributed by atoms with van der Waals surface area (Å²) in [5.41, 5.74) is 1.61. The second-order valence-electron chi connectivity index (χ2n) is 6.68. The Bertz CT molecular complexity index is 650. The fourth-order valence-electron chi connectivity index (χ4n) is 2.71. The summed E-state index contributed by atoms with van der Waals surface area (Å²) in [5.74, 6) is 0.0260. The predicted octanol–water partition coefficient (Wildman–Crippen LogP) is 1.83. The van der Waals surface area contributed by atoms with Crippen LogP contribution in [0.1, 0.15) is 26.7 Å². The van der Waals surface area contributed by atoms with Crippen molar-refractivity contribution in [3.63, 3.8) is 0 Å². The van der Waals surface area contributed by atoms with Crippen LogP contribution in [0.25, 0.3) is 0 Å². The van der Waals surface area contributed by atoms with Gasteiger partial charge in [-0.2, -0.15) is 0 Å². The Hall–Kier alpha value is -1.76. The van der Waals surface area contributed by atoms with E-state index in [1.165, 1.54) is 12.8 Å². The third kappa shape index (κ3) is 5.12. The molecule has 1 saturated heterocycles. The molecular weight excluding hydrogens is 326 g/mol. The number of sulfonamides is 1. The molecule has 0 spiro atoms. The number of hydrogen-bond donors (Lipinski definition) is 1. The highest BCUT2D eigenvalue weighted by atomic mass is 32.2. The highest BCUT2D eigenvalue weighted by Crippen LogP contribution is 2.25. The smallest absolute Gasteiger partial charge is 0.240 e. The number of amides is 1. The molecule has 1 aromatic carbocycles. The molecule has 1 aliphatic heterocycles. The van der Waals surface area contributed by atoms with E-state index in [-0.39, 0.29) is 12.5 Å². The first-order valence-corrected chi connectivity index (χ1v) is 10.2. The molecule has 1 fully saturated rings. The molecular formula is C17H27N3O3S. The number of carbonyl (C=O) groups excluding carboxylic acids is 1. The summed E-state index contributed by atoms with van der Waals surface area (Å²) in [5, 5.41) is 2.76. The van der Waals surface area contributed by atoms with Crippen molar-refractivity contribution in [3.05, 3.63) is 24.3 Å². The lowest BCUT2D eigenvalue weighted by Crippen LogP contribution is -2.41. The minimum Gasteiger partial charge on any atom is -0.372 e. The number of benzene rings is 1. The van der Waals surface area contributed by atoms with Gasteiger partial charge in [0.15, 0.2) is 0 Å². The number of carbonyl (C=O) groups is 1. The van der Waals surface area contributed by atoms with Gasteiger partial charge in [0.1, 0.15) is 6.54 Å². The zero-order chi connectivity index (χ0) is 17.7. The fourth-order valence-corrected chi connectivity index (χ4v) is 3.57. The standard InChI is InChI=1S/C17H27N3O3S/c1-14(2)12-18-17(21)13-20(24(3,22)23)16-8-6-15(7-9-16)19-10-4-5-11-19/h6-9,14H,4-5,10-13H2,1-3H3,(H,18,21). The molecule has 0 atom stereocenters. The van der Waals surface area contributed by atoms with Crippen molar-refractivity contribution in [2.24, 2.45) is 5.92 Å². The van der Waals surface area contributed by atoms with Gasteiger partial charge in [-0.3, -0.25) is 9.10 Å². The molecule has 6 nitrogen and oxygen atoms in total. The molecule has 7 heteroatoms. The molecule has 0 unspecified atom stereocenters. The molecule has 0 radical (unpaired) electrons. The van der Waals surface area contributed by atoms with Crippen LogP contribution >= 0.6 is 0 Å². The molecule has 0 aromatic heterocycles. The maximum absolute atomic E-state index is 12.1. The summed E-state index contributed by atoms with van der Waals surface area (Å²) < 4.78 is 25.3. The van der Waals surface area contributed by atoms with E-state index in [1.54, 1.807) is 12.1 Å². The summed E-state index contributed by atoms with van der Waals surface area (Å²) in [6, 6.07) is 7.38. The van der Waals surface area contributed by atoms with Gasteiger partial charge in [0.25, 0.3) is 0 Å². The van der Waals surface area contributed by atoms with E-state index in [9.17, 15) is 13.2 Å². The molecule has 0 saturated carbocycles. The van der Waals surface area contributed by atoms with Crippen LogP contribution in [-0.4, -0.2) is 46.8 Å². The average Bonchev–Trinajstić information content (AvgIpc) is 3.04. The van der Waals surface area contributed by atoms with Crippen LogP contribution in [-0.2, 0) is 14.8 Å². The van der Waals surface area contributed by atoms with Crippen LogP contribution < -0.4 is 14.5 Å². The second kappa shape index (κ2) is 7.88. The van der Waals surface area contributed by atoms with Gasteiger partial charge in [0, 0.05) is 25.3 Å².